The molecule has 0 radical (unpaired) electrons. The zero-order valence-electron chi connectivity index (χ0n) is 16.9. The Morgan fingerprint density at radius 2 is 1.79 bits per heavy atom. The smallest absolute Gasteiger partial charge is 0.123 e. The second-order valence-corrected chi connectivity index (χ2v) is 8.05. The molecule has 0 saturated carbocycles. The van der Waals surface area contributed by atoms with E-state index in [1.54, 1.807) is 19.2 Å². The van der Waals surface area contributed by atoms with Crippen molar-refractivity contribution in [1.82, 2.24) is 15.8 Å². The van der Waals surface area contributed by atoms with Gasteiger partial charge < -0.3 is 9.47 Å². The first-order valence-electron chi connectivity index (χ1n) is 10.4. The fourth-order valence-corrected chi connectivity index (χ4v) is 4.32. The van der Waals surface area contributed by atoms with E-state index in [0.29, 0.717) is 24.6 Å². The summed E-state index contributed by atoms with van der Waals surface area (Å²) in [6, 6.07) is 15.5. The molecule has 2 aromatic carbocycles. The second kappa shape index (κ2) is 9.57. The lowest BCUT2D eigenvalue weighted by Crippen LogP contribution is -2.38. The molecule has 2 heterocycles. The highest BCUT2D eigenvalue weighted by molar-refractivity contribution is 5.31. The van der Waals surface area contributed by atoms with Crippen molar-refractivity contribution in [3.05, 3.63) is 59.9 Å². The molecule has 0 amide bonds. The second-order valence-electron chi connectivity index (χ2n) is 8.05. The summed E-state index contributed by atoms with van der Waals surface area (Å²) in [5.41, 5.74) is 8.13. The lowest BCUT2D eigenvalue weighted by atomic mass is 9.94. The van der Waals surface area contributed by atoms with Gasteiger partial charge in [0, 0.05) is 25.2 Å². The van der Waals surface area contributed by atoms with Crippen molar-refractivity contribution < 1.29 is 13.9 Å². The SMILES string of the molecule is COc1ccc(OCCC2CC(C3CCN(Cc4ccc(F)cc4)C3)NN2)cc1. The molecule has 2 aromatic rings. The quantitative estimate of drug-likeness (QED) is 0.713. The van der Waals surface area contributed by atoms with Crippen LogP contribution in [0.2, 0.25) is 0 Å². The summed E-state index contributed by atoms with van der Waals surface area (Å²) < 4.78 is 24.1. The molecule has 3 atom stereocenters. The third-order valence-corrected chi connectivity index (χ3v) is 6.00. The van der Waals surface area contributed by atoms with Crippen LogP contribution in [-0.4, -0.2) is 43.8 Å². The number of methoxy groups -OCH3 is 1. The molecule has 156 valence electrons. The largest absolute Gasteiger partial charge is 0.497 e. The van der Waals surface area contributed by atoms with E-state index >= 15 is 0 Å². The summed E-state index contributed by atoms with van der Waals surface area (Å²) in [5, 5.41) is 0. The minimum Gasteiger partial charge on any atom is -0.497 e. The van der Waals surface area contributed by atoms with Crippen molar-refractivity contribution in [2.75, 3.05) is 26.8 Å². The van der Waals surface area contributed by atoms with Gasteiger partial charge in [-0.2, -0.15) is 0 Å². The van der Waals surface area contributed by atoms with E-state index in [0.717, 1.165) is 44.0 Å². The Morgan fingerprint density at radius 3 is 2.55 bits per heavy atom. The first kappa shape index (κ1) is 20.1. The van der Waals surface area contributed by atoms with Gasteiger partial charge in [0.1, 0.15) is 17.3 Å². The lowest BCUT2D eigenvalue weighted by molar-refractivity contribution is 0.288. The van der Waals surface area contributed by atoms with Gasteiger partial charge in [0.2, 0.25) is 0 Å². The topological polar surface area (TPSA) is 45.8 Å². The predicted octanol–water partition coefficient (Wildman–Crippen LogP) is 3.36. The number of hydrazine groups is 1. The molecule has 2 N–H and O–H groups in total. The molecule has 2 aliphatic heterocycles. The van der Waals surface area contributed by atoms with E-state index in [9.17, 15) is 4.39 Å². The lowest BCUT2D eigenvalue weighted by Gasteiger charge is -2.20. The highest BCUT2D eigenvalue weighted by Gasteiger charge is 2.34. The number of hydrogen-bond acceptors (Lipinski definition) is 5. The summed E-state index contributed by atoms with van der Waals surface area (Å²) >= 11 is 0. The van der Waals surface area contributed by atoms with Gasteiger partial charge in [0.25, 0.3) is 0 Å². The van der Waals surface area contributed by atoms with Crippen LogP contribution in [0.4, 0.5) is 4.39 Å². The molecule has 0 spiro atoms. The van der Waals surface area contributed by atoms with Gasteiger partial charge >= 0.3 is 0 Å². The molecule has 0 aliphatic carbocycles. The summed E-state index contributed by atoms with van der Waals surface area (Å²) in [5.74, 6) is 2.19. The van der Waals surface area contributed by atoms with E-state index < -0.39 is 0 Å². The highest BCUT2D eigenvalue weighted by atomic mass is 19.1. The van der Waals surface area contributed by atoms with Crippen LogP contribution in [-0.2, 0) is 6.54 Å². The van der Waals surface area contributed by atoms with Crippen LogP contribution in [0.15, 0.2) is 48.5 Å². The molecule has 2 fully saturated rings. The first-order valence-corrected chi connectivity index (χ1v) is 10.4. The number of nitrogens with one attached hydrogen (secondary N) is 2. The number of nitrogens with zero attached hydrogens (tertiary/aromatic N) is 1. The van der Waals surface area contributed by atoms with E-state index in [1.807, 2.05) is 36.4 Å². The van der Waals surface area contributed by atoms with Gasteiger partial charge in [-0.05, 0) is 73.7 Å². The van der Waals surface area contributed by atoms with Gasteiger partial charge in [-0.3, -0.25) is 15.8 Å². The van der Waals surface area contributed by atoms with Crippen LogP contribution >= 0.6 is 0 Å². The Bertz CT molecular complexity index is 769. The van der Waals surface area contributed by atoms with Crippen LogP contribution in [0, 0.1) is 11.7 Å². The minimum atomic E-state index is -0.170. The maximum absolute atomic E-state index is 13.1. The van der Waals surface area contributed by atoms with Gasteiger partial charge in [-0.1, -0.05) is 12.1 Å². The third kappa shape index (κ3) is 5.47. The first-order chi connectivity index (χ1) is 14.2. The van der Waals surface area contributed by atoms with Gasteiger partial charge in [-0.15, -0.1) is 0 Å². The predicted molar refractivity (Wildman–Crippen MR) is 111 cm³/mol. The summed E-state index contributed by atoms with van der Waals surface area (Å²) in [4.78, 5) is 2.47. The summed E-state index contributed by atoms with van der Waals surface area (Å²) in [6.07, 6.45) is 3.30. The third-order valence-electron chi connectivity index (χ3n) is 6.00. The van der Waals surface area contributed by atoms with Crippen molar-refractivity contribution in [3.63, 3.8) is 0 Å². The fraction of sp³-hybridized carbons (Fsp3) is 0.478. The minimum absolute atomic E-state index is 0.170. The van der Waals surface area contributed by atoms with Gasteiger partial charge in [-0.25, -0.2) is 4.39 Å². The van der Waals surface area contributed by atoms with Crippen molar-refractivity contribution in [3.8, 4) is 11.5 Å². The molecule has 2 aliphatic rings. The van der Waals surface area contributed by atoms with E-state index in [2.05, 4.69) is 15.8 Å². The Kier molecular flexibility index (Phi) is 6.64. The zero-order chi connectivity index (χ0) is 20.1. The van der Waals surface area contributed by atoms with Crippen LogP contribution in [0.3, 0.4) is 0 Å². The molecule has 0 bridgehead atoms. The van der Waals surface area contributed by atoms with Crippen molar-refractivity contribution >= 4 is 0 Å². The Morgan fingerprint density at radius 1 is 1.03 bits per heavy atom. The van der Waals surface area contributed by atoms with E-state index in [4.69, 9.17) is 9.47 Å². The van der Waals surface area contributed by atoms with Crippen LogP contribution in [0.5, 0.6) is 11.5 Å². The molecular formula is C23H30FN3O2. The van der Waals surface area contributed by atoms with Crippen molar-refractivity contribution in [2.24, 2.45) is 5.92 Å². The van der Waals surface area contributed by atoms with Crippen molar-refractivity contribution in [2.45, 2.75) is 37.9 Å². The summed E-state index contributed by atoms with van der Waals surface area (Å²) in [6.45, 7) is 3.78. The van der Waals surface area contributed by atoms with Crippen LogP contribution in [0.25, 0.3) is 0 Å². The monoisotopic (exact) mass is 399 g/mol. The average Bonchev–Trinajstić information content (AvgIpc) is 3.40. The van der Waals surface area contributed by atoms with Gasteiger partial charge in [0.05, 0.1) is 13.7 Å². The van der Waals surface area contributed by atoms with Crippen LogP contribution < -0.4 is 20.3 Å². The highest BCUT2D eigenvalue weighted by Crippen LogP contribution is 2.26. The fourth-order valence-electron chi connectivity index (χ4n) is 4.32. The zero-order valence-corrected chi connectivity index (χ0v) is 16.9. The maximum Gasteiger partial charge on any atom is 0.123 e. The molecule has 3 unspecified atom stereocenters. The number of halogens is 1. The molecule has 2 saturated heterocycles. The number of ether oxygens (including phenoxy) is 2. The number of rotatable bonds is 8. The molecule has 5 nitrogen and oxygen atoms in total. The molecule has 29 heavy (non-hydrogen) atoms. The maximum atomic E-state index is 13.1. The van der Waals surface area contributed by atoms with Gasteiger partial charge in [0.15, 0.2) is 0 Å². The van der Waals surface area contributed by atoms with E-state index in [-0.39, 0.29) is 5.82 Å². The standard InChI is InChI=1S/C23H30FN3O2/c1-28-21-6-8-22(9-7-21)29-13-11-20-14-23(26-25-20)18-10-12-27(16-18)15-17-2-4-19(24)5-3-17/h2-9,18,20,23,25-26H,10-16H2,1H3. The normalized spacial score (nSPS) is 24.7. The Balaban J connectivity index is 1.17. The van der Waals surface area contributed by atoms with Crippen molar-refractivity contribution in [1.29, 1.82) is 0 Å². The number of benzene rings is 2. The molecular weight excluding hydrogens is 369 g/mol. The molecule has 4 rings (SSSR count). The summed E-state index contributed by atoms with van der Waals surface area (Å²) in [7, 11) is 1.66. The molecule has 0 aromatic heterocycles. The Hall–Kier alpha value is -2.15. The number of likely N-dealkylation sites (tertiary alicyclic amines) is 1. The number of hydrogen-bond donors (Lipinski definition) is 2. The van der Waals surface area contributed by atoms with Crippen LogP contribution in [0.1, 0.15) is 24.8 Å². The average molecular weight is 400 g/mol. The Labute approximate surface area is 172 Å². The van der Waals surface area contributed by atoms with E-state index in [1.165, 1.54) is 12.0 Å². The molecule has 6 heteroatoms.